The molecule has 0 aliphatic rings. The molecule has 3 rings (SSSR count). The summed E-state index contributed by atoms with van der Waals surface area (Å²) >= 11 is 0. The fraction of sp³-hybridized carbons (Fsp3) is 0.261. The van der Waals surface area contributed by atoms with Crippen molar-refractivity contribution in [1.82, 2.24) is 4.98 Å². The summed E-state index contributed by atoms with van der Waals surface area (Å²) in [7, 11) is 1.57. The third-order valence-corrected chi connectivity index (χ3v) is 4.66. The number of ether oxygens (including phenoxy) is 2. The average molecular weight is 408 g/mol. The van der Waals surface area contributed by atoms with Crippen molar-refractivity contribution in [2.45, 2.75) is 26.9 Å². The van der Waals surface area contributed by atoms with E-state index in [-0.39, 0.29) is 23.3 Å². The van der Waals surface area contributed by atoms with Gasteiger partial charge in [0.05, 0.1) is 7.11 Å². The molecule has 7 nitrogen and oxygen atoms in total. The number of methoxy groups -OCH3 is 1. The highest BCUT2D eigenvalue weighted by Crippen LogP contribution is 2.22. The molecule has 0 aliphatic heterocycles. The number of aromatic amines is 1. The number of hydrogen-bond donors (Lipinski definition) is 2. The predicted molar refractivity (Wildman–Crippen MR) is 114 cm³/mol. The van der Waals surface area contributed by atoms with Gasteiger partial charge in [0, 0.05) is 34.1 Å². The quantitative estimate of drug-likeness (QED) is 0.451. The molecule has 3 aromatic rings. The first kappa shape index (κ1) is 21.1. The van der Waals surface area contributed by atoms with Crippen molar-refractivity contribution in [2.24, 2.45) is 5.92 Å². The number of H-pyrrole nitrogens is 1. The number of benzene rings is 2. The molecule has 2 N–H and O–H groups in total. The summed E-state index contributed by atoms with van der Waals surface area (Å²) < 4.78 is 10.5. The number of ketones is 1. The lowest BCUT2D eigenvalue weighted by Gasteiger charge is -2.12. The van der Waals surface area contributed by atoms with Crippen molar-refractivity contribution < 1.29 is 23.9 Å². The Morgan fingerprint density at radius 1 is 0.967 bits per heavy atom. The molecule has 0 bridgehead atoms. The molecule has 0 fully saturated rings. The zero-order valence-corrected chi connectivity index (χ0v) is 17.3. The van der Waals surface area contributed by atoms with E-state index in [9.17, 15) is 14.4 Å². The maximum Gasteiger partial charge on any atom is 0.355 e. The Bertz CT molecular complexity index is 1080. The molecule has 1 atom stereocenters. The molecular formula is C23H24N2O5. The molecule has 2 aromatic carbocycles. The van der Waals surface area contributed by atoms with E-state index in [1.807, 2.05) is 6.07 Å². The lowest BCUT2D eigenvalue weighted by atomic mass is 10.1. The van der Waals surface area contributed by atoms with Gasteiger partial charge < -0.3 is 19.8 Å². The summed E-state index contributed by atoms with van der Waals surface area (Å²) in [4.78, 5) is 39.8. The largest absolute Gasteiger partial charge is 0.497 e. The van der Waals surface area contributed by atoms with Crippen LogP contribution in [0.2, 0.25) is 0 Å². The number of nitrogens with one attached hydrogen (secondary N) is 2. The number of rotatable bonds is 7. The van der Waals surface area contributed by atoms with Gasteiger partial charge in [0.1, 0.15) is 11.4 Å². The van der Waals surface area contributed by atoms with E-state index in [0.717, 1.165) is 10.9 Å². The van der Waals surface area contributed by atoms with Crippen LogP contribution in [0.1, 0.15) is 41.6 Å². The number of aromatic nitrogens is 1. The molecule has 0 aliphatic carbocycles. The summed E-state index contributed by atoms with van der Waals surface area (Å²) in [5, 5.41) is 3.60. The van der Waals surface area contributed by atoms with Crippen LogP contribution >= 0.6 is 0 Å². The molecule has 0 radical (unpaired) electrons. The first-order valence-corrected chi connectivity index (χ1v) is 9.61. The maximum atomic E-state index is 12.6. The molecule has 0 spiro atoms. The number of hydrogen-bond acceptors (Lipinski definition) is 5. The smallest absolute Gasteiger partial charge is 0.355 e. The van der Waals surface area contributed by atoms with Crippen LogP contribution in [0.25, 0.3) is 10.9 Å². The molecule has 30 heavy (non-hydrogen) atoms. The number of esters is 1. The molecule has 156 valence electrons. The van der Waals surface area contributed by atoms with Crippen LogP contribution in [0.4, 0.5) is 5.69 Å². The van der Waals surface area contributed by atoms with Gasteiger partial charge in [-0.2, -0.15) is 0 Å². The van der Waals surface area contributed by atoms with Gasteiger partial charge in [0.2, 0.25) is 11.7 Å². The van der Waals surface area contributed by atoms with Gasteiger partial charge in [-0.05, 0) is 49.4 Å². The van der Waals surface area contributed by atoms with Crippen LogP contribution in [0.5, 0.6) is 5.75 Å². The summed E-state index contributed by atoms with van der Waals surface area (Å²) in [6.07, 6.45) is -0.963. The van der Waals surface area contributed by atoms with Crippen LogP contribution in [0.3, 0.4) is 0 Å². The normalized spacial score (nSPS) is 11.9. The highest BCUT2D eigenvalue weighted by atomic mass is 16.5. The molecule has 1 unspecified atom stereocenters. The zero-order valence-electron chi connectivity index (χ0n) is 17.3. The molecule has 0 saturated carbocycles. The van der Waals surface area contributed by atoms with Crippen LogP contribution < -0.4 is 10.1 Å². The second-order valence-corrected chi connectivity index (χ2v) is 7.27. The van der Waals surface area contributed by atoms with Gasteiger partial charge in [-0.25, -0.2) is 4.79 Å². The monoisotopic (exact) mass is 408 g/mol. The molecule has 0 saturated heterocycles. The second kappa shape index (κ2) is 8.82. The van der Waals surface area contributed by atoms with Gasteiger partial charge in [-0.1, -0.05) is 13.8 Å². The first-order valence-electron chi connectivity index (χ1n) is 9.61. The van der Waals surface area contributed by atoms with Gasteiger partial charge in [0.25, 0.3) is 0 Å². The van der Waals surface area contributed by atoms with Crippen molar-refractivity contribution in [3.05, 3.63) is 59.8 Å². The number of carbonyl (C=O) groups is 3. The number of fused-ring (bicyclic) bond motifs is 1. The highest BCUT2D eigenvalue weighted by molar-refractivity contribution is 6.02. The zero-order chi connectivity index (χ0) is 21.8. The first-order chi connectivity index (χ1) is 14.3. The van der Waals surface area contributed by atoms with Crippen LogP contribution in [0, 0.1) is 5.92 Å². The van der Waals surface area contributed by atoms with E-state index in [0.29, 0.717) is 17.0 Å². The minimum Gasteiger partial charge on any atom is -0.497 e. The predicted octanol–water partition coefficient (Wildman–Crippen LogP) is 4.20. The van der Waals surface area contributed by atoms with Gasteiger partial charge in [-0.3, -0.25) is 9.59 Å². The molecule has 1 heterocycles. The van der Waals surface area contributed by atoms with E-state index >= 15 is 0 Å². The van der Waals surface area contributed by atoms with E-state index in [4.69, 9.17) is 9.47 Å². The van der Waals surface area contributed by atoms with Crippen molar-refractivity contribution in [3.8, 4) is 5.75 Å². The molecular weight excluding hydrogens is 384 g/mol. The van der Waals surface area contributed by atoms with Crippen LogP contribution in [-0.4, -0.2) is 35.9 Å². The number of Topliss-reactive ketones (excluding diaryl/α,β-unsaturated/α-hetero) is 1. The summed E-state index contributed by atoms with van der Waals surface area (Å²) in [5.74, 6) is -0.528. The Labute approximate surface area is 174 Å². The minimum absolute atomic E-state index is 0.104. The molecule has 1 aromatic heterocycles. The van der Waals surface area contributed by atoms with E-state index < -0.39 is 12.1 Å². The Morgan fingerprint density at radius 3 is 2.30 bits per heavy atom. The third-order valence-electron chi connectivity index (χ3n) is 4.66. The lowest BCUT2D eigenvalue weighted by Crippen LogP contribution is -2.24. The van der Waals surface area contributed by atoms with E-state index in [1.54, 1.807) is 63.4 Å². The number of amides is 1. The standard InChI is InChI=1S/C23H24N2O5/c1-13(2)22(27)24-17-8-5-15(6-9-17)21(26)14(3)30-23(28)20-11-16-7-10-18(29-4)12-19(16)25-20/h5-14,25H,1-4H3,(H,24,27). The van der Waals surface area contributed by atoms with Crippen molar-refractivity contribution >= 4 is 34.3 Å². The fourth-order valence-corrected chi connectivity index (χ4v) is 2.86. The summed E-state index contributed by atoms with van der Waals surface area (Å²) in [6, 6.07) is 13.6. The van der Waals surface area contributed by atoms with E-state index in [2.05, 4.69) is 10.3 Å². The molecule has 7 heteroatoms. The summed E-state index contributed by atoms with van der Waals surface area (Å²) in [6.45, 7) is 5.13. The fourth-order valence-electron chi connectivity index (χ4n) is 2.86. The van der Waals surface area contributed by atoms with Gasteiger partial charge >= 0.3 is 5.97 Å². The van der Waals surface area contributed by atoms with E-state index in [1.165, 1.54) is 6.92 Å². The number of carbonyl (C=O) groups excluding carboxylic acids is 3. The van der Waals surface area contributed by atoms with Crippen molar-refractivity contribution in [1.29, 1.82) is 0 Å². The second-order valence-electron chi connectivity index (χ2n) is 7.27. The minimum atomic E-state index is -0.963. The Balaban J connectivity index is 1.66. The maximum absolute atomic E-state index is 12.6. The Morgan fingerprint density at radius 2 is 1.67 bits per heavy atom. The topological polar surface area (TPSA) is 97.5 Å². The Kier molecular flexibility index (Phi) is 6.20. The number of anilines is 1. The lowest BCUT2D eigenvalue weighted by molar-refractivity contribution is -0.118. The van der Waals surface area contributed by atoms with Crippen molar-refractivity contribution in [2.75, 3.05) is 12.4 Å². The SMILES string of the molecule is COc1ccc2cc(C(=O)OC(C)C(=O)c3ccc(NC(=O)C(C)C)cc3)[nH]c2c1. The van der Waals surface area contributed by atoms with Gasteiger partial charge in [-0.15, -0.1) is 0 Å². The summed E-state index contributed by atoms with van der Waals surface area (Å²) in [5.41, 5.74) is 1.98. The molecule has 1 amide bonds. The Hall–Kier alpha value is -3.61. The van der Waals surface area contributed by atoms with Crippen LogP contribution in [-0.2, 0) is 9.53 Å². The highest BCUT2D eigenvalue weighted by Gasteiger charge is 2.21. The van der Waals surface area contributed by atoms with Crippen LogP contribution in [0.15, 0.2) is 48.5 Å². The van der Waals surface area contributed by atoms with Gasteiger partial charge in [0.15, 0.2) is 6.10 Å². The van der Waals surface area contributed by atoms with Crippen molar-refractivity contribution in [3.63, 3.8) is 0 Å². The average Bonchev–Trinajstić information content (AvgIpc) is 3.17. The third kappa shape index (κ3) is 4.68.